The quantitative estimate of drug-likeness (QED) is 0.465. The highest BCUT2D eigenvalue weighted by molar-refractivity contribution is 5.85. The summed E-state index contributed by atoms with van der Waals surface area (Å²) < 4.78 is 30.3. The Labute approximate surface area is 168 Å². The predicted octanol–water partition coefficient (Wildman–Crippen LogP) is 2.53. The van der Waals surface area contributed by atoms with Crippen molar-refractivity contribution in [2.24, 2.45) is 10.9 Å². The molecule has 0 radical (unpaired) electrons. The molecular formula is C19H26FN3O6. The number of carbonyl (C=O) groups excluding carboxylic acids is 1. The van der Waals surface area contributed by atoms with Crippen molar-refractivity contribution in [3.8, 4) is 0 Å². The zero-order valence-corrected chi connectivity index (χ0v) is 17.1. The van der Waals surface area contributed by atoms with Crippen LogP contribution in [0.3, 0.4) is 0 Å². The Kier molecular flexibility index (Phi) is 6.91. The number of hydrogen-bond acceptors (Lipinski definition) is 7. The number of rotatable bonds is 3. The van der Waals surface area contributed by atoms with Crippen LogP contribution in [0.25, 0.3) is 0 Å². The van der Waals surface area contributed by atoms with E-state index < -0.39 is 16.3 Å². The second-order valence-corrected chi connectivity index (χ2v) is 7.77. The van der Waals surface area contributed by atoms with E-state index in [2.05, 4.69) is 10.3 Å². The zero-order valence-electron chi connectivity index (χ0n) is 17.1. The van der Waals surface area contributed by atoms with E-state index in [1.54, 1.807) is 14.0 Å². The Balaban J connectivity index is 0.000000438. The maximum absolute atomic E-state index is 14.4. The minimum absolute atomic E-state index is 0.0417. The molecule has 1 saturated heterocycles. The molecule has 2 aliphatic rings. The average Bonchev–Trinajstić information content (AvgIpc) is 2.99. The van der Waals surface area contributed by atoms with Crippen LogP contribution in [0.1, 0.15) is 33.3 Å². The molecule has 3 atom stereocenters. The molecule has 29 heavy (non-hydrogen) atoms. The molecule has 1 fully saturated rings. The Bertz CT molecular complexity index is 795. The van der Waals surface area contributed by atoms with Gasteiger partial charge in [0.25, 0.3) is 11.7 Å². The number of nitrogens with zero attached hydrogens (tertiary/aromatic N) is 2. The Morgan fingerprint density at radius 1 is 1.45 bits per heavy atom. The lowest BCUT2D eigenvalue weighted by Crippen LogP contribution is -2.46. The molecule has 2 heterocycles. The number of carbonyl (C=O) groups is 1. The highest BCUT2D eigenvalue weighted by Crippen LogP contribution is 2.46. The molecule has 1 unspecified atom stereocenters. The maximum atomic E-state index is 14.4. The van der Waals surface area contributed by atoms with Crippen LogP contribution in [0.15, 0.2) is 23.2 Å². The van der Waals surface area contributed by atoms with Crippen molar-refractivity contribution >= 4 is 18.1 Å². The molecule has 1 amide bonds. The molecule has 0 saturated carbocycles. The van der Waals surface area contributed by atoms with Crippen molar-refractivity contribution in [2.45, 2.75) is 44.9 Å². The molecule has 1 aromatic rings. The molecular weight excluding hydrogens is 385 g/mol. The Morgan fingerprint density at radius 3 is 2.66 bits per heavy atom. The number of aliphatic imine (C=N–C) groups is 1. The van der Waals surface area contributed by atoms with E-state index in [1.165, 1.54) is 0 Å². The SMILES string of the molecule is CC1OC[C@]2(c3cc([N+](=O)[O-])ccc3F)N=C(NC=O)OC[C@H]12.COC(C)(C)C. The molecule has 0 bridgehead atoms. The Hall–Kier alpha value is -2.59. The van der Waals surface area contributed by atoms with Crippen molar-refractivity contribution < 1.29 is 28.3 Å². The van der Waals surface area contributed by atoms with Crippen molar-refractivity contribution in [1.82, 2.24) is 5.32 Å². The third-order valence-electron chi connectivity index (χ3n) is 4.87. The molecule has 0 aliphatic carbocycles. The fourth-order valence-corrected chi connectivity index (χ4v) is 3.06. The van der Waals surface area contributed by atoms with Crippen molar-refractivity contribution in [3.63, 3.8) is 0 Å². The lowest BCUT2D eigenvalue weighted by atomic mass is 9.78. The second-order valence-electron chi connectivity index (χ2n) is 7.77. The third kappa shape index (κ3) is 5.07. The molecule has 1 aromatic carbocycles. The van der Waals surface area contributed by atoms with Gasteiger partial charge in [0.15, 0.2) is 0 Å². The molecule has 3 rings (SSSR count). The second kappa shape index (κ2) is 8.83. The number of amides is 1. The van der Waals surface area contributed by atoms with Crippen LogP contribution in [0.5, 0.6) is 0 Å². The minimum Gasteiger partial charge on any atom is -0.464 e. The van der Waals surface area contributed by atoms with Crippen LogP contribution in [-0.4, -0.2) is 49.4 Å². The van der Waals surface area contributed by atoms with Crippen molar-refractivity contribution in [2.75, 3.05) is 20.3 Å². The summed E-state index contributed by atoms with van der Waals surface area (Å²) in [6, 6.07) is 3.24. The van der Waals surface area contributed by atoms with E-state index in [1.807, 2.05) is 20.8 Å². The van der Waals surface area contributed by atoms with Gasteiger partial charge in [0.2, 0.25) is 6.41 Å². The summed E-state index contributed by atoms with van der Waals surface area (Å²) in [4.78, 5) is 25.3. The van der Waals surface area contributed by atoms with Crippen molar-refractivity contribution in [3.05, 3.63) is 39.7 Å². The third-order valence-corrected chi connectivity index (χ3v) is 4.87. The number of amidine groups is 1. The van der Waals surface area contributed by atoms with E-state index in [4.69, 9.17) is 14.2 Å². The van der Waals surface area contributed by atoms with Crippen LogP contribution < -0.4 is 5.32 Å². The van der Waals surface area contributed by atoms with E-state index in [9.17, 15) is 19.3 Å². The highest BCUT2D eigenvalue weighted by Gasteiger charge is 2.54. The summed E-state index contributed by atoms with van der Waals surface area (Å²) in [5.41, 5.74) is -1.30. The number of non-ortho nitro benzene ring substituents is 1. The summed E-state index contributed by atoms with van der Waals surface area (Å²) in [5, 5.41) is 13.3. The molecule has 1 N–H and O–H groups in total. The number of methoxy groups -OCH3 is 1. The first kappa shape index (κ1) is 22.7. The normalized spacial score (nSPS) is 25.7. The number of ether oxygens (including phenoxy) is 3. The molecule has 2 aliphatic heterocycles. The smallest absolute Gasteiger partial charge is 0.292 e. The lowest BCUT2D eigenvalue weighted by Gasteiger charge is -2.35. The number of nitro groups is 1. The minimum atomic E-state index is -1.17. The molecule has 10 heteroatoms. The van der Waals surface area contributed by atoms with Gasteiger partial charge in [0.05, 0.1) is 35.8 Å². The Morgan fingerprint density at radius 2 is 2.10 bits per heavy atom. The standard InChI is InChI=1S/C14H14FN3O5.C5H12O/c1-8-11-5-22-13(16-7-19)17-14(11,6-23-8)10-4-9(18(20)21)2-3-12(10)15;1-5(2,3)6-4/h2-4,7-8,11H,5-6H2,1H3,(H,16,17,19);1-4H3/t8?,11-,14-;/m1./s1. The fourth-order valence-electron chi connectivity index (χ4n) is 3.06. The fraction of sp³-hybridized carbons (Fsp3) is 0.579. The highest BCUT2D eigenvalue weighted by atomic mass is 19.1. The summed E-state index contributed by atoms with van der Waals surface area (Å²) in [7, 11) is 1.71. The van der Waals surface area contributed by atoms with Gasteiger partial charge >= 0.3 is 0 Å². The summed E-state index contributed by atoms with van der Waals surface area (Å²) in [6.45, 7) is 8.07. The van der Waals surface area contributed by atoms with E-state index in [0.29, 0.717) is 6.41 Å². The van der Waals surface area contributed by atoms with E-state index in [-0.39, 0.29) is 48.1 Å². The number of fused-ring (bicyclic) bond motifs is 1. The first-order chi connectivity index (χ1) is 13.5. The average molecular weight is 411 g/mol. The molecule has 0 aromatic heterocycles. The topological polar surface area (TPSA) is 112 Å². The van der Waals surface area contributed by atoms with Gasteiger partial charge < -0.3 is 14.2 Å². The number of nitrogens with one attached hydrogen (secondary N) is 1. The van der Waals surface area contributed by atoms with Gasteiger partial charge in [0, 0.05) is 24.8 Å². The first-order valence-corrected chi connectivity index (χ1v) is 9.08. The van der Waals surface area contributed by atoms with Gasteiger partial charge in [-0.25, -0.2) is 9.38 Å². The van der Waals surface area contributed by atoms with Crippen LogP contribution in [-0.2, 0) is 24.5 Å². The van der Waals surface area contributed by atoms with Crippen molar-refractivity contribution in [1.29, 1.82) is 0 Å². The largest absolute Gasteiger partial charge is 0.464 e. The monoisotopic (exact) mass is 411 g/mol. The summed E-state index contributed by atoms with van der Waals surface area (Å²) >= 11 is 0. The van der Waals surface area contributed by atoms with Crippen LogP contribution in [0.4, 0.5) is 10.1 Å². The number of halogens is 1. The molecule has 9 nitrogen and oxygen atoms in total. The maximum Gasteiger partial charge on any atom is 0.292 e. The predicted molar refractivity (Wildman–Crippen MR) is 103 cm³/mol. The number of hydrogen-bond donors (Lipinski definition) is 1. The van der Waals surface area contributed by atoms with Gasteiger partial charge in [-0.3, -0.25) is 20.2 Å². The number of nitro benzene ring substituents is 1. The number of benzene rings is 1. The van der Waals surface area contributed by atoms with Crippen LogP contribution in [0, 0.1) is 21.8 Å². The van der Waals surface area contributed by atoms with Gasteiger partial charge in [0.1, 0.15) is 11.4 Å². The van der Waals surface area contributed by atoms with Gasteiger partial charge in [-0.1, -0.05) is 0 Å². The molecule has 160 valence electrons. The van der Waals surface area contributed by atoms with Gasteiger partial charge in [-0.15, -0.1) is 0 Å². The summed E-state index contributed by atoms with van der Waals surface area (Å²) in [5.74, 6) is -0.939. The van der Waals surface area contributed by atoms with Crippen LogP contribution in [0.2, 0.25) is 0 Å². The van der Waals surface area contributed by atoms with E-state index in [0.717, 1.165) is 18.2 Å². The first-order valence-electron chi connectivity index (χ1n) is 9.08. The lowest BCUT2D eigenvalue weighted by molar-refractivity contribution is -0.385. The summed E-state index contributed by atoms with van der Waals surface area (Å²) in [6.07, 6.45) is 0.130. The zero-order chi connectivity index (χ0) is 21.8. The van der Waals surface area contributed by atoms with E-state index >= 15 is 0 Å². The van der Waals surface area contributed by atoms with Crippen LogP contribution >= 0.6 is 0 Å². The van der Waals surface area contributed by atoms with Gasteiger partial charge in [-0.2, -0.15) is 0 Å². The molecule has 0 spiro atoms. The van der Waals surface area contributed by atoms with Gasteiger partial charge in [-0.05, 0) is 33.8 Å².